The second kappa shape index (κ2) is 8.40. The van der Waals surface area contributed by atoms with Gasteiger partial charge in [-0.1, -0.05) is 36.4 Å². The molecule has 0 spiro atoms. The Kier molecular flexibility index (Phi) is 5.25. The van der Waals surface area contributed by atoms with Crippen molar-refractivity contribution in [2.24, 2.45) is 0 Å². The average Bonchev–Trinajstić information content (AvgIpc) is 3.24. The molecule has 0 aliphatic carbocycles. The average molecular weight is 454 g/mol. The number of anilines is 1. The first-order valence-corrected chi connectivity index (χ1v) is 10.6. The van der Waals surface area contributed by atoms with Gasteiger partial charge in [0.25, 0.3) is 5.56 Å². The molecule has 0 aliphatic rings. The number of carbonyl (C=O) groups excluding carboxylic acids is 1. The summed E-state index contributed by atoms with van der Waals surface area (Å²) in [5, 5.41) is 5.81. The molecule has 5 aromatic rings. The molecule has 2 heterocycles. The van der Waals surface area contributed by atoms with E-state index in [1.54, 1.807) is 35.9 Å². The highest BCUT2D eigenvalue weighted by atomic mass is 16.5. The number of benzene rings is 3. The zero-order chi connectivity index (χ0) is 23.8. The second-order valence-corrected chi connectivity index (χ2v) is 7.82. The zero-order valence-electron chi connectivity index (χ0n) is 18.7. The van der Waals surface area contributed by atoms with E-state index < -0.39 is 5.97 Å². The van der Waals surface area contributed by atoms with E-state index in [4.69, 9.17) is 15.2 Å². The molecule has 5 rings (SSSR count). The number of carbonyl (C=O) groups is 1. The number of nitrogens with zero attached hydrogens (tertiary/aromatic N) is 3. The Labute approximate surface area is 194 Å². The predicted molar refractivity (Wildman–Crippen MR) is 131 cm³/mol. The smallest absolute Gasteiger partial charge is 0.337 e. The Balaban J connectivity index is 1.73. The Morgan fingerprint density at radius 3 is 2.50 bits per heavy atom. The summed E-state index contributed by atoms with van der Waals surface area (Å²) in [4.78, 5) is 25.7. The van der Waals surface area contributed by atoms with Gasteiger partial charge < -0.3 is 19.8 Å². The van der Waals surface area contributed by atoms with Crippen molar-refractivity contribution in [2.75, 3.05) is 20.0 Å². The number of hydrogen-bond acceptors (Lipinski definition) is 6. The van der Waals surface area contributed by atoms with Crippen molar-refractivity contribution in [1.82, 2.24) is 14.3 Å². The monoisotopic (exact) mass is 454 g/mol. The second-order valence-electron chi connectivity index (χ2n) is 7.82. The lowest BCUT2D eigenvalue weighted by molar-refractivity contribution is 0.0600. The van der Waals surface area contributed by atoms with E-state index in [0.717, 1.165) is 22.2 Å². The van der Waals surface area contributed by atoms with E-state index in [-0.39, 0.29) is 11.4 Å². The molecule has 0 bridgehead atoms. The molecule has 0 aliphatic heterocycles. The summed E-state index contributed by atoms with van der Waals surface area (Å²) in [5.41, 5.74) is 9.37. The van der Waals surface area contributed by atoms with Crippen LogP contribution < -0.4 is 16.0 Å². The maximum atomic E-state index is 13.7. The van der Waals surface area contributed by atoms with Gasteiger partial charge in [0, 0.05) is 5.39 Å². The number of fused-ring (bicyclic) bond motifs is 3. The van der Waals surface area contributed by atoms with Gasteiger partial charge in [-0.3, -0.25) is 4.79 Å². The van der Waals surface area contributed by atoms with Crippen molar-refractivity contribution < 1.29 is 14.3 Å². The minimum Gasteiger partial charge on any atom is -0.497 e. The molecule has 3 aromatic carbocycles. The van der Waals surface area contributed by atoms with E-state index in [9.17, 15) is 9.59 Å². The fourth-order valence-corrected chi connectivity index (χ4v) is 4.13. The summed E-state index contributed by atoms with van der Waals surface area (Å²) in [5.74, 6) is 0.483. The fourth-order valence-electron chi connectivity index (χ4n) is 4.13. The summed E-state index contributed by atoms with van der Waals surface area (Å²) < 4.78 is 13.2. The number of aromatic nitrogens is 3. The highest BCUT2D eigenvalue weighted by Crippen LogP contribution is 2.28. The number of nitrogen functional groups attached to an aromatic ring is 1. The number of methoxy groups -OCH3 is 2. The van der Waals surface area contributed by atoms with E-state index in [2.05, 4.69) is 5.10 Å². The lowest BCUT2D eigenvalue weighted by atomic mass is 10.1. The van der Waals surface area contributed by atoms with E-state index in [1.807, 2.05) is 48.5 Å². The zero-order valence-corrected chi connectivity index (χ0v) is 18.7. The Morgan fingerprint density at radius 2 is 1.76 bits per heavy atom. The third-order valence-electron chi connectivity index (χ3n) is 5.84. The van der Waals surface area contributed by atoms with Crippen molar-refractivity contribution in [3.63, 3.8) is 0 Å². The molecule has 0 amide bonds. The molecule has 2 aromatic heterocycles. The third-order valence-corrected chi connectivity index (χ3v) is 5.84. The molecular formula is C26H22N4O4. The van der Waals surface area contributed by atoms with Gasteiger partial charge in [-0.05, 0) is 42.0 Å². The first kappa shape index (κ1) is 21.3. The lowest BCUT2D eigenvalue weighted by Crippen LogP contribution is -2.22. The molecular weight excluding hydrogens is 432 g/mol. The SMILES string of the molecule is COC(=O)c1cccc(-n2nc3c(c2N)c(=O)n(Cc2ccc(OC)cc2)c2ccccc32)c1. The van der Waals surface area contributed by atoms with E-state index in [1.165, 1.54) is 11.8 Å². The highest BCUT2D eigenvalue weighted by molar-refractivity contribution is 6.07. The fraction of sp³-hybridized carbons (Fsp3) is 0.115. The molecule has 0 radical (unpaired) electrons. The van der Waals surface area contributed by atoms with E-state index in [0.29, 0.717) is 28.7 Å². The van der Waals surface area contributed by atoms with Crippen LogP contribution in [0.1, 0.15) is 15.9 Å². The van der Waals surface area contributed by atoms with Crippen LogP contribution in [-0.2, 0) is 11.3 Å². The normalized spacial score (nSPS) is 11.1. The summed E-state index contributed by atoms with van der Waals surface area (Å²) in [6.07, 6.45) is 0. The van der Waals surface area contributed by atoms with Crippen LogP contribution in [0, 0.1) is 0 Å². The number of hydrogen-bond donors (Lipinski definition) is 1. The summed E-state index contributed by atoms with van der Waals surface area (Å²) >= 11 is 0. The van der Waals surface area contributed by atoms with Crippen LogP contribution in [0.15, 0.2) is 77.6 Å². The van der Waals surface area contributed by atoms with Crippen molar-refractivity contribution in [3.8, 4) is 11.4 Å². The highest BCUT2D eigenvalue weighted by Gasteiger charge is 2.20. The van der Waals surface area contributed by atoms with Gasteiger partial charge in [0.05, 0.1) is 37.5 Å². The van der Waals surface area contributed by atoms with Crippen LogP contribution in [0.2, 0.25) is 0 Å². The molecule has 0 unspecified atom stereocenters. The number of pyridine rings is 1. The van der Waals surface area contributed by atoms with Crippen LogP contribution in [-0.4, -0.2) is 34.5 Å². The van der Waals surface area contributed by atoms with Crippen molar-refractivity contribution in [2.45, 2.75) is 6.54 Å². The minimum absolute atomic E-state index is 0.205. The molecule has 170 valence electrons. The summed E-state index contributed by atoms with van der Waals surface area (Å²) in [6, 6.07) is 21.9. The number of ether oxygens (including phenoxy) is 2. The number of para-hydroxylation sites is 1. The molecule has 34 heavy (non-hydrogen) atoms. The number of rotatable bonds is 5. The molecule has 2 N–H and O–H groups in total. The quantitative estimate of drug-likeness (QED) is 0.406. The molecule has 0 saturated carbocycles. The van der Waals surface area contributed by atoms with Crippen molar-refractivity contribution in [1.29, 1.82) is 0 Å². The largest absolute Gasteiger partial charge is 0.497 e. The lowest BCUT2D eigenvalue weighted by Gasteiger charge is -2.11. The summed E-state index contributed by atoms with van der Waals surface area (Å²) in [6.45, 7) is 0.363. The Morgan fingerprint density at radius 1 is 1.00 bits per heavy atom. The topological polar surface area (TPSA) is 101 Å². The third kappa shape index (κ3) is 3.45. The van der Waals surface area contributed by atoms with Gasteiger partial charge in [0.2, 0.25) is 0 Å². The standard InChI is InChI=1S/C26H22N4O4/c1-33-19-12-10-16(11-13-19)15-29-21-9-4-3-8-20(21)23-22(25(29)31)24(27)30(28-23)18-7-5-6-17(14-18)26(32)34-2/h3-14H,15,27H2,1-2H3. The van der Waals surface area contributed by atoms with Gasteiger partial charge in [0.1, 0.15) is 22.5 Å². The van der Waals surface area contributed by atoms with Crippen LogP contribution >= 0.6 is 0 Å². The van der Waals surface area contributed by atoms with Gasteiger partial charge in [0.15, 0.2) is 0 Å². The minimum atomic E-state index is -0.468. The summed E-state index contributed by atoms with van der Waals surface area (Å²) in [7, 11) is 2.94. The molecule has 0 saturated heterocycles. The van der Waals surface area contributed by atoms with Crippen LogP contribution in [0.3, 0.4) is 0 Å². The maximum Gasteiger partial charge on any atom is 0.337 e. The van der Waals surface area contributed by atoms with Gasteiger partial charge in [-0.15, -0.1) is 0 Å². The first-order chi connectivity index (χ1) is 16.5. The van der Waals surface area contributed by atoms with Gasteiger partial charge >= 0.3 is 5.97 Å². The predicted octanol–water partition coefficient (Wildman–Crippen LogP) is 3.77. The Hall–Kier alpha value is -4.59. The van der Waals surface area contributed by atoms with E-state index >= 15 is 0 Å². The molecule has 8 nitrogen and oxygen atoms in total. The van der Waals surface area contributed by atoms with Crippen molar-refractivity contribution >= 4 is 33.6 Å². The first-order valence-electron chi connectivity index (χ1n) is 10.6. The number of esters is 1. The molecule has 0 fully saturated rings. The van der Waals surface area contributed by atoms with Crippen LogP contribution in [0.25, 0.3) is 27.5 Å². The van der Waals surface area contributed by atoms with Gasteiger partial charge in [-0.25, -0.2) is 9.48 Å². The number of nitrogens with two attached hydrogens (primary N) is 1. The molecule has 8 heteroatoms. The van der Waals surface area contributed by atoms with Gasteiger partial charge in [-0.2, -0.15) is 5.10 Å². The maximum absolute atomic E-state index is 13.7. The van der Waals surface area contributed by atoms with Crippen LogP contribution in [0.5, 0.6) is 5.75 Å². The molecule has 0 atom stereocenters. The Bertz CT molecular complexity index is 1600. The van der Waals surface area contributed by atoms with Crippen molar-refractivity contribution in [3.05, 3.63) is 94.3 Å². The van der Waals surface area contributed by atoms with Crippen LogP contribution in [0.4, 0.5) is 5.82 Å².